The van der Waals surface area contributed by atoms with E-state index >= 15 is 0 Å². The van der Waals surface area contributed by atoms with Crippen LogP contribution in [0, 0.1) is 11.8 Å². The van der Waals surface area contributed by atoms with Crippen molar-refractivity contribution in [3.63, 3.8) is 0 Å². The Morgan fingerprint density at radius 3 is 2.71 bits per heavy atom. The largest absolute Gasteiger partial charge is 0.457 e. The lowest BCUT2D eigenvalue weighted by atomic mass is 10.2. The molecular formula is C25H21ClN6O3. The molecule has 1 aliphatic heterocycles. The smallest absolute Gasteiger partial charge is 0.335 e. The summed E-state index contributed by atoms with van der Waals surface area (Å²) < 4.78 is 8.94. The van der Waals surface area contributed by atoms with Crippen LogP contribution in [0.4, 0.5) is 5.82 Å². The molecule has 10 heteroatoms. The number of carbonyl (C=O) groups excluding carboxylic acids is 1. The minimum Gasteiger partial charge on any atom is -0.457 e. The fourth-order valence-electron chi connectivity index (χ4n) is 4.29. The molecule has 2 aromatic heterocycles. The molecule has 5 rings (SSSR count). The maximum atomic E-state index is 13.7. The fraction of sp³-hybridized carbons (Fsp3) is 0.200. The number of hydrogen-bond donors (Lipinski definition) is 1. The number of nitrogens with zero attached hydrogens (tertiary/aromatic N) is 5. The van der Waals surface area contributed by atoms with E-state index in [4.69, 9.17) is 22.1 Å². The Balaban J connectivity index is 1.53. The topological polar surface area (TPSA) is 108 Å². The summed E-state index contributed by atoms with van der Waals surface area (Å²) in [7, 11) is 0. The highest BCUT2D eigenvalue weighted by atomic mass is 35.5. The molecule has 1 atom stereocenters. The summed E-state index contributed by atoms with van der Waals surface area (Å²) in [5.74, 6) is 6.30. The Labute approximate surface area is 205 Å². The van der Waals surface area contributed by atoms with Gasteiger partial charge in [0.05, 0.1) is 11.7 Å². The number of likely N-dealkylation sites (tertiary alicyclic amines) is 1. The van der Waals surface area contributed by atoms with E-state index in [9.17, 15) is 9.59 Å². The lowest BCUT2D eigenvalue weighted by molar-refractivity contribution is -0.124. The lowest BCUT2D eigenvalue weighted by Crippen LogP contribution is -2.31. The standard InChI is InChI=1S/C25H21ClN6O3/c1-2-4-21(33)30-12-11-18(14-30)32-24-22(23(27)28-15-29-24)31(25(32)34)17-7-9-19(10-8-17)35-20-6-3-5-16(26)13-20/h3,5-10,13,15,18H,11-12,14H2,1H3,(H2,27,28,29). The van der Waals surface area contributed by atoms with Gasteiger partial charge < -0.3 is 15.4 Å². The van der Waals surface area contributed by atoms with Crippen LogP contribution in [-0.4, -0.2) is 43.0 Å². The van der Waals surface area contributed by atoms with Gasteiger partial charge in [0.1, 0.15) is 23.3 Å². The average molecular weight is 489 g/mol. The van der Waals surface area contributed by atoms with Gasteiger partial charge in [-0.1, -0.05) is 23.6 Å². The van der Waals surface area contributed by atoms with E-state index in [0.29, 0.717) is 52.9 Å². The summed E-state index contributed by atoms with van der Waals surface area (Å²) in [4.78, 5) is 36.0. The monoisotopic (exact) mass is 488 g/mol. The summed E-state index contributed by atoms with van der Waals surface area (Å²) in [6.45, 7) is 2.49. The molecule has 4 aromatic rings. The molecule has 176 valence electrons. The predicted octanol–water partition coefficient (Wildman–Crippen LogP) is 3.41. The molecule has 9 nitrogen and oxygen atoms in total. The van der Waals surface area contributed by atoms with Gasteiger partial charge in [-0.25, -0.2) is 14.8 Å². The van der Waals surface area contributed by atoms with Crippen molar-refractivity contribution in [3.8, 4) is 29.0 Å². The van der Waals surface area contributed by atoms with Crippen LogP contribution in [0.15, 0.2) is 59.7 Å². The molecule has 2 aromatic carbocycles. The van der Waals surface area contributed by atoms with E-state index in [0.717, 1.165) is 0 Å². The molecule has 2 N–H and O–H groups in total. The van der Waals surface area contributed by atoms with Crippen LogP contribution in [0.3, 0.4) is 0 Å². The Hall–Kier alpha value is -4.29. The van der Waals surface area contributed by atoms with Crippen LogP contribution < -0.4 is 16.2 Å². The summed E-state index contributed by atoms with van der Waals surface area (Å²) in [6.07, 6.45) is 1.94. The molecule has 1 amide bonds. The van der Waals surface area contributed by atoms with Gasteiger partial charge in [0.25, 0.3) is 5.91 Å². The number of aromatic nitrogens is 4. The van der Waals surface area contributed by atoms with Crippen molar-refractivity contribution in [2.45, 2.75) is 19.4 Å². The summed E-state index contributed by atoms with van der Waals surface area (Å²) >= 11 is 6.03. The normalized spacial score (nSPS) is 15.1. The predicted molar refractivity (Wildman–Crippen MR) is 133 cm³/mol. The molecular weight excluding hydrogens is 468 g/mol. The Kier molecular flexibility index (Phi) is 5.89. The van der Waals surface area contributed by atoms with E-state index in [2.05, 4.69) is 21.8 Å². The second-order valence-electron chi connectivity index (χ2n) is 8.04. The third-order valence-electron chi connectivity index (χ3n) is 5.85. The molecule has 0 saturated carbocycles. The Bertz CT molecular complexity index is 1550. The van der Waals surface area contributed by atoms with Crippen LogP contribution >= 0.6 is 11.6 Å². The van der Waals surface area contributed by atoms with Gasteiger partial charge in [0, 0.05) is 18.1 Å². The number of imidazole rings is 1. The summed E-state index contributed by atoms with van der Waals surface area (Å²) in [6, 6.07) is 13.9. The SMILES string of the molecule is CC#CC(=O)N1CCC(n2c(=O)n(-c3ccc(Oc4cccc(Cl)c4)cc3)c3c(N)ncnc32)C1. The van der Waals surface area contributed by atoms with E-state index in [1.54, 1.807) is 64.9 Å². The molecule has 0 radical (unpaired) electrons. The van der Waals surface area contributed by atoms with Crippen LogP contribution in [0.2, 0.25) is 5.02 Å². The fourth-order valence-corrected chi connectivity index (χ4v) is 4.47. The highest BCUT2D eigenvalue weighted by Gasteiger charge is 2.31. The molecule has 1 unspecified atom stereocenters. The molecule has 0 bridgehead atoms. The van der Waals surface area contributed by atoms with Crippen LogP contribution in [0.25, 0.3) is 16.9 Å². The number of ether oxygens (including phenoxy) is 1. The zero-order chi connectivity index (χ0) is 24.5. The minimum atomic E-state index is -0.309. The van der Waals surface area contributed by atoms with Crippen molar-refractivity contribution in [2.75, 3.05) is 18.8 Å². The maximum absolute atomic E-state index is 13.7. The van der Waals surface area contributed by atoms with Crippen molar-refractivity contribution in [1.82, 2.24) is 24.0 Å². The van der Waals surface area contributed by atoms with Crippen molar-refractivity contribution >= 4 is 34.5 Å². The van der Waals surface area contributed by atoms with E-state index in [1.165, 1.54) is 10.9 Å². The number of fused-ring (bicyclic) bond motifs is 1. The quantitative estimate of drug-likeness (QED) is 0.441. The zero-order valence-electron chi connectivity index (χ0n) is 18.8. The molecule has 0 aliphatic carbocycles. The first-order valence-electron chi connectivity index (χ1n) is 10.9. The van der Waals surface area contributed by atoms with Crippen LogP contribution in [0.1, 0.15) is 19.4 Å². The van der Waals surface area contributed by atoms with Gasteiger partial charge in [-0.3, -0.25) is 13.9 Å². The number of nitrogen functional groups attached to an aromatic ring is 1. The highest BCUT2D eigenvalue weighted by molar-refractivity contribution is 6.30. The number of rotatable bonds is 4. The third kappa shape index (κ3) is 4.20. The number of benzene rings is 2. The number of nitrogens with two attached hydrogens (primary N) is 1. The van der Waals surface area contributed by atoms with Crippen LogP contribution in [0.5, 0.6) is 11.5 Å². The lowest BCUT2D eigenvalue weighted by Gasteiger charge is -2.14. The highest BCUT2D eigenvalue weighted by Crippen LogP contribution is 2.29. The number of hydrogen-bond acceptors (Lipinski definition) is 6. The first-order chi connectivity index (χ1) is 17.0. The summed E-state index contributed by atoms with van der Waals surface area (Å²) in [5, 5.41) is 0.572. The van der Waals surface area contributed by atoms with Gasteiger partial charge in [-0.05, 0) is 61.7 Å². The first kappa shape index (κ1) is 22.5. The Morgan fingerprint density at radius 2 is 1.97 bits per heavy atom. The van der Waals surface area contributed by atoms with Gasteiger partial charge in [0.2, 0.25) is 0 Å². The molecule has 1 saturated heterocycles. The summed E-state index contributed by atoms with van der Waals surface area (Å²) in [5.41, 5.74) is 7.30. The van der Waals surface area contributed by atoms with Crippen molar-refractivity contribution in [3.05, 3.63) is 70.4 Å². The number of anilines is 1. The van der Waals surface area contributed by atoms with E-state index in [-0.39, 0.29) is 23.5 Å². The van der Waals surface area contributed by atoms with Crippen molar-refractivity contribution in [2.24, 2.45) is 0 Å². The second kappa shape index (κ2) is 9.16. The van der Waals surface area contributed by atoms with Gasteiger partial charge >= 0.3 is 5.69 Å². The molecule has 3 heterocycles. The van der Waals surface area contributed by atoms with Crippen LogP contribution in [-0.2, 0) is 4.79 Å². The van der Waals surface area contributed by atoms with Gasteiger partial charge in [-0.15, -0.1) is 0 Å². The third-order valence-corrected chi connectivity index (χ3v) is 6.09. The minimum absolute atomic E-state index is 0.188. The Morgan fingerprint density at radius 1 is 1.17 bits per heavy atom. The average Bonchev–Trinajstić information content (AvgIpc) is 3.43. The van der Waals surface area contributed by atoms with E-state index in [1.807, 2.05) is 0 Å². The zero-order valence-corrected chi connectivity index (χ0v) is 19.6. The number of halogens is 1. The number of amides is 1. The first-order valence-corrected chi connectivity index (χ1v) is 11.3. The van der Waals surface area contributed by atoms with Crippen molar-refractivity contribution < 1.29 is 9.53 Å². The molecule has 1 fully saturated rings. The van der Waals surface area contributed by atoms with Gasteiger partial charge in [-0.2, -0.15) is 0 Å². The molecule has 35 heavy (non-hydrogen) atoms. The van der Waals surface area contributed by atoms with E-state index < -0.39 is 0 Å². The maximum Gasteiger partial charge on any atom is 0.335 e. The van der Waals surface area contributed by atoms with Gasteiger partial charge in [0.15, 0.2) is 11.5 Å². The molecule has 1 aliphatic rings. The second-order valence-corrected chi connectivity index (χ2v) is 8.48. The molecule has 0 spiro atoms. The van der Waals surface area contributed by atoms with Crippen molar-refractivity contribution in [1.29, 1.82) is 0 Å². The number of carbonyl (C=O) groups is 1.